The van der Waals surface area contributed by atoms with Crippen LogP contribution in [0.4, 0.5) is 0 Å². The zero-order valence-corrected chi connectivity index (χ0v) is 14.7. The first-order valence-corrected chi connectivity index (χ1v) is 9.26. The predicted octanol–water partition coefficient (Wildman–Crippen LogP) is 1.57. The number of aryl methyl sites for hydroxylation is 1. The molecule has 0 radical (unpaired) electrons. The third kappa shape index (κ3) is 3.35. The molecule has 0 saturated carbocycles. The summed E-state index contributed by atoms with van der Waals surface area (Å²) >= 11 is 1.13. The van der Waals surface area contributed by atoms with Gasteiger partial charge in [-0.15, -0.1) is 11.3 Å². The molecule has 0 aliphatic rings. The Morgan fingerprint density at radius 2 is 2.08 bits per heavy atom. The van der Waals surface area contributed by atoms with E-state index in [1.165, 1.54) is 24.5 Å². The topological polar surface area (TPSA) is 120 Å². The molecule has 0 atom stereocenters. The zero-order chi connectivity index (χ0) is 18.2. The first-order chi connectivity index (χ1) is 11.8. The number of aliphatic hydroxyl groups excluding tert-OH is 1. The van der Waals surface area contributed by atoms with Crippen LogP contribution >= 0.6 is 11.3 Å². The predicted molar refractivity (Wildman–Crippen MR) is 93.3 cm³/mol. The van der Waals surface area contributed by atoms with E-state index in [0.29, 0.717) is 5.56 Å². The number of nitrogens with two attached hydrogens (primary N) is 1. The number of hydrogen-bond acceptors (Lipinski definition) is 6. The van der Waals surface area contributed by atoms with Crippen molar-refractivity contribution in [2.45, 2.75) is 4.21 Å². The molecule has 3 N–H and O–H groups in total. The fraction of sp³-hybridized carbons (Fsp3) is 0.0667. The summed E-state index contributed by atoms with van der Waals surface area (Å²) in [6.45, 7) is 0. The average Bonchev–Trinajstić information content (AvgIpc) is 3.26. The van der Waals surface area contributed by atoms with Gasteiger partial charge in [0.2, 0.25) is 0 Å². The lowest BCUT2D eigenvalue weighted by molar-refractivity contribution is -0.116. The van der Waals surface area contributed by atoms with Gasteiger partial charge in [-0.3, -0.25) is 9.48 Å². The van der Waals surface area contributed by atoms with Gasteiger partial charge in [0.05, 0.1) is 6.20 Å². The molecule has 8 nitrogen and oxygen atoms in total. The molecule has 1 amide bonds. The minimum atomic E-state index is -3.77. The Bertz CT molecular complexity index is 1070. The highest BCUT2D eigenvalue weighted by molar-refractivity contribution is 7.92. The van der Waals surface area contributed by atoms with Crippen molar-refractivity contribution in [3.63, 3.8) is 0 Å². The second kappa shape index (κ2) is 6.22. The maximum Gasteiger partial charge on any atom is 0.283 e. The first kappa shape index (κ1) is 17.0. The quantitative estimate of drug-likeness (QED) is 0.516. The summed E-state index contributed by atoms with van der Waals surface area (Å²) in [7, 11) is -1.99. The lowest BCUT2D eigenvalue weighted by Crippen LogP contribution is -2.13. The van der Waals surface area contributed by atoms with Gasteiger partial charge in [-0.05, 0) is 29.8 Å². The molecule has 130 valence electrons. The summed E-state index contributed by atoms with van der Waals surface area (Å²) in [5, 5.41) is 13.4. The molecule has 0 spiro atoms. The van der Waals surface area contributed by atoms with Gasteiger partial charge in [0.15, 0.2) is 5.76 Å². The molecule has 0 saturated heterocycles. The molecule has 3 aromatic rings. The Labute approximate surface area is 147 Å². The molecule has 0 bridgehead atoms. The monoisotopic (exact) mass is 378 g/mol. The van der Waals surface area contributed by atoms with Crippen LogP contribution in [0, 0.1) is 0 Å². The van der Waals surface area contributed by atoms with E-state index in [0.717, 1.165) is 31.8 Å². The number of primary amides is 1. The van der Waals surface area contributed by atoms with Crippen LogP contribution < -0.4 is 5.73 Å². The highest BCUT2D eigenvalue weighted by Gasteiger charge is 2.20. The number of aromatic nitrogens is 3. The maximum atomic E-state index is 12.7. The molecule has 3 aromatic heterocycles. The van der Waals surface area contributed by atoms with Crippen LogP contribution in [-0.4, -0.2) is 33.2 Å². The molecular formula is C15H14N4O4S2. The highest BCUT2D eigenvalue weighted by Crippen LogP contribution is 2.31. The Hall–Kier alpha value is -2.85. The molecular weight excluding hydrogens is 364 g/mol. The number of thiophene rings is 1. The molecule has 0 aromatic carbocycles. The number of carbonyl (C=O) groups is 1. The van der Waals surface area contributed by atoms with Gasteiger partial charge in [0.1, 0.15) is 4.21 Å². The molecule has 25 heavy (non-hydrogen) atoms. The molecule has 10 heteroatoms. The van der Waals surface area contributed by atoms with E-state index in [2.05, 4.69) is 5.10 Å². The minimum absolute atomic E-state index is 0.164. The van der Waals surface area contributed by atoms with Crippen molar-refractivity contribution in [3.8, 4) is 10.4 Å². The smallest absolute Gasteiger partial charge is 0.283 e. The zero-order valence-electron chi connectivity index (χ0n) is 13.0. The fourth-order valence-electron chi connectivity index (χ4n) is 2.12. The van der Waals surface area contributed by atoms with Crippen LogP contribution in [0.3, 0.4) is 0 Å². The van der Waals surface area contributed by atoms with Crippen molar-refractivity contribution >= 4 is 33.3 Å². The second-order valence-corrected chi connectivity index (χ2v) is 8.35. The summed E-state index contributed by atoms with van der Waals surface area (Å²) in [6.07, 6.45) is 7.18. The summed E-state index contributed by atoms with van der Waals surface area (Å²) < 4.78 is 28.2. The van der Waals surface area contributed by atoms with Crippen LogP contribution in [0.25, 0.3) is 16.5 Å². The Morgan fingerprint density at radius 3 is 2.72 bits per heavy atom. The van der Waals surface area contributed by atoms with Crippen molar-refractivity contribution in [2.75, 3.05) is 0 Å². The molecule has 3 heterocycles. The van der Waals surface area contributed by atoms with Crippen LogP contribution in [0.2, 0.25) is 0 Å². The lowest BCUT2D eigenvalue weighted by atomic mass is 10.3. The van der Waals surface area contributed by atoms with Crippen molar-refractivity contribution in [1.29, 1.82) is 0 Å². The van der Waals surface area contributed by atoms with Crippen LogP contribution in [-0.2, 0) is 21.9 Å². The van der Waals surface area contributed by atoms with Crippen molar-refractivity contribution < 1.29 is 18.3 Å². The van der Waals surface area contributed by atoms with E-state index in [9.17, 15) is 18.3 Å². The Morgan fingerprint density at radius 1 is 1.32 bits per heavy atom. The van der Waals surface area contributed by atoms with E-state index in [-0.39, 0.29) is 4.21 Å². The van der Waals surface area contributed by atoms with Gasteiger partial charge >= 0.3 is 0 Å². The van der Waals surface area contributed by atoms with Crippen molar-refractivity contribution in [3.05, 3.63) is 54.3 Å². The van der Waals surface area contributed by atoms with Gasteiger partial charge in [-0.1, -0.05) is 0 Å². The summed E-state index contributed by atoms with van der Waals surface area (Å²) in [4.78, 5) is 11.6. The molecule has 0 aliphatic heterocycles. The van der Waals surface area contributed by atoms with E-state index in [1.54, 1.807) is 30.2 Å². The van der Waals surface area contributed by atoms with Gasteiger partial charge in [0.25, 0.3) is 15.9 Å². The first-order valence-electron chi connectivity index (χ1n) is 7.00. The van der Waals surface area contributed by atoms with Gasteiger partial charge < -0.3 is 10.8 Å². The molecule has 3 rings (SSSR count). The van der Waals surface area contributed by atoms with E-state index in [1.807, 2.05) is 0 Å². The van der Waals surface area contributed by atoms with E-state index in [4.69, 9.17) is 5.73 Å². The summed E-state index contributed by atoms with van der Waals surface area (Å²) in [5.41, 5.74) is 6.11. The minimum Gasteiger partial charge on any atom is -0.503 e. The van der Waals surface area contributed by atoms with Crippen LogP contribution in [0.15, 0.2) is 53.0 Å². The number of nitrogens with zero attached hydrogens (tertiary/aromatic N) is 3. The maximum absolute atomic E-state index is 12.7. The fourth-order valence-corrected chi connectivity index (χ4v) is 4.71. The summed E-state index contributed by atoms with van der Waals surface area (Å²) in [5.74, 6) is -1.64. The second-order valence-electron chi connectivity index (χ2n) is 5.19. The van der Waals surface area contributed by atoms with E-state index < -0.39 is 21.7 Å². The van der Waals surface area contributed by atoms with Crippen LogP contribution in [0.1, 0.15) is 5.56 Å². The van der Waals surface area contributed by atoms with Gasteiger partial charge in [-0.25, -0.2) is 3.97 Å². The van der Waals surface area contributed by atoms with Crippen LogP contribution in [0.5, 0.6) is 0 Å². The molecule has 0 fully saturated rings. The number of hydrogen-bond donors (Lipinski definition) is 2. The largest absolute Gasteiger partial charge is 0.503 e. The molecule has 0 aliphatic carbocycles. The standard InChI is InChI=1S/C15H14N4O4S2/c1-18-9-11(7-17-18)13-2-3-14(24-13)25(22,23)19-5-4-10(8-19)6-12(20)15(16)21/h2-9,20H,1H3,(H2,16,21). The Kier molecular flexibility index (Phi) is 4.23. The van der Waals surface area contributed by atoms with Gasteiger partial charge in [0, 0.05) is 36.1 Å². The normalized spacial score (nSPS) is 12.4. The average molecular weight is 378 g/mol. The third-order valence-electron chi connectivity index (χ3n) is 3.35. The third-order valence-corrected chi connectivity index (χ3v) is 6.59. The highest BCUT2D eigenvalue weighted by atomic mass is 32.2. The number of amides is 1. The van der Waals surface area contributed by atoms with E-state index >= 15 is 0 Å². The SMILES string of the molecule is Cn1cc(-c2ccc(S(=O)(=O)n3ccc(C=C(O)C(N)=O)c3)s2)cn1. The number of aliphatic hydroxyl groups is 1. The number of rotatable bonds is 5. The number of carbonyl (C=O) groups excluding carboxylic acids is 1. The lowest BCUT2D eigenvalue weighted by Gasteiger charge is -2.02. The van der Waals surface area contributed by atoms with Crippen molar-refractivity contribution in [2.24, 2.45) is 12.8 Å². The van der Waals surface area contributed by atoms with Gasteiger partial charge in [-0.2, -0.15) is 13.5 Å². The molecule has 0 unspecified atom stereocenters. The summed E-state index contributed by atoms with van der Waals surface area (Å²) in [6, 6.07) is 4.70. The van der Waals surface area contributed by atoms with Crippen molar-refractivity contribution in [1.82, 2.24) is 13.8 Å². The Balaban J connectivity index is 1.93.